The summed E-state index contributed by atoms with van der Waals surface area (Å²) < 4.78 is 36.9. The van der Waals surface area contributed by atoms with E-state index >= 15 is 0 Å². The van der Waals surface area contributed by atoms with E-state index in [1.807, 2.05) is 0 Å². The van der Waals surface area contributed by atoms with Gasteiger partial charge in [-0.1, -0.05) is 0 Å². The van der Waals surface area contributed by atoms with Gasteiger partial charge in [-0.25, -0.2) is 0 Å². The Bertz CT molecular complexity index is 393. The Labute approximate surface area is 95.5 Å². The van der Waals surface area contributed by atoms with Crippen molar-refractivity contribution in [3.8, 4) is 0 Å². The van der Waals surface area contributed by atoms with E-state index in [4.69, 9.17) is 5.11 Å². The molecule has 0 spiro atoms. The van der Waals surface area contributed by atoms with Crippen LogP contribution in [0, 0.1) is 0 Å². The smallest absolute Gasteiger partial charge is 0.433 e. The summed E-state index contributed by atoms with van der Waals surface area (Å²) in [5.74, 6) is -0.933. The number of carboxylic acid groups (broad SMARTS) is 1. The Morgan fingerprint density at radius 1 is 1.47 bits per heavy atom. The lowest BCUT2D eigenvalue weighted by atomic mass is 10.3. The van der Waals surface area contributed by atoms with E-state index in [2.05, 4.69) is 10.3 Å². The maximum atomic E-state index is 12.3. The molecule has 0 unspecified atom stereocenters. The number of rotatable bonds is 5. The van der Waals surface area contributed by atoms with Crippen molar-refractivity contribution in [1.29, 1.82) is 0 Å². The molecule has 1 aromatic heterocycles. The number of nitrogens with zero attached hydrogens (tertiary/aromatic N) is 1. The van der Waals surface area contributed by atoms with E-state index in [0.717, 1.165) is 12.3 Å². The Balaban J connectivity index is 2.52. The molecule has 1 rings (SSSR count). The standard InChI is InChI=1S/C10H11F3N2O2/c11-10(12,13)8-6-7(3-5-15-8)14-4-1-2-9(16)17/h3,5-6H,1-2,4H2,(H,14,15)(H,16,17). The lowest BCUT2D eigenvalue weighted by molar-refractivity contribution is -0.141. The van der Waals surface area contributed by atoms with Crippen molar-refractivity contribution in [3.05, 3.63) is 24.0 Å². The van der Waals surface area contributed by atoms with Gasteiger partial charge in [-0.15, -0.1) is 0 Å². The molecule has 17 heavy (non-hydrogen) atoms. The number of hydrogen-bond donors (Lipinski definition) is 2. The Hall–Kier alpha value is -1.79. The molecule has 0 saturated heterocycles. The number of carboxylic acids is 1. The summed E-state index contributed by atoms with van der Waals surface area (Å²) in [6.07, 6.45) is -3.09. The van der Waals surface area contributed by atoms with Gasteiger partial charge in [0.2, 0.25) is 0 Å². The average Bonchev–Trinajstić information content (AvgIpc) is 2.23. The second-order valence-electron chi connectivity index (χ2n) is 3.35. The highest BCUT2D eigenvalue weighted by atomic mass is 19.4. The van der Waals surface area contributed by atoms with Crippen molar-refractivity contribution >= 4 is 11.7 Å². The van der Waals surface area contributed by atoms with Gasteiger partial charge in [0.05, 0.1) is 0 Å². The van der Waals surface area contributed by atoms with Crippen LogP contribution in [0.1, 0.15) is 18.5 Å². The fourth-order valence-electron chi connectivity index (χ4n) is 1.17. The van der Waals surface area contributed by atoms with Crippen LogP contribution in [0.15, 0.2) is 18.3 Å². The lowest BCUT2D eigenvalue weighted by Gasteiger charge is -2.09. The fraction of sp³-hybridized carbons (Fsp3) is 0.400. The number of halogens is 3. The number of hydrogen-bond acceptors (Lipinski definition) is 3. The maximum Gasteiger partial charge on any atom is 0.433 e. The van der Waals surface area contributed by atoms with E-state index in [1.54, 1.807) is 0 Å². The third kappa shape index (κ3) is 4.71. The molecule has 0 aromatic carbocycles. The molecule has 0 aliphatic rings. The van der Waals surface area contributed by atoms with Crippen molar-refractivity contribution in [2.24, 2.45) is 0 Å². The van der Waals surface area contributed by atoms with Crippen LogP contribution in [0.2, 0.25) is 0 Å². The van der Waals surface area contributed by atoms with Crippen molar-refractivity contribution in [1.82, 2.24) is 4.98 Å². The summed E-state index contributed by atoms with van der Waals surface area (Å²) in [6, 6.07) is 2.29. The monoisotopic (exact) mass is 248 g/mol. The van der Waals surface area contributed by atoms with E-state index in [0.29, 0.717) is 13.0 Å². The quantitative estimate of drug-likeness (QED) is 0.785. The topological polar surface area (TPSA) is 62.2 Å². The highest BCUT2D eigenvalue weighted by molar-refractivity contribution is 5.66. The van der Waals surface area contributed by atoms with Crippen LogP contribution in [-0.2, 0) is 11.0 Å². The highest BCUT2D eigenvalue weighted by Crippen LogP contribution is 2.28. The van der Waals surface area contributed by atoms with Crippen LogP contribution < -0.4 is 5.32 Å². The van der Waals surface area contributed by atoms with Gasteiger partial charge in [-0.3, -0.25) is 9.78 Å². The minimum Gasteiger partial charge on any atom is -0.481 e. The summed E-state index contributed by atoms with van der Waals surface area (Å²) >= 11 is 0. The number of aromatic nitrogens is 1. The van der Waals surface area contributed by atoms with Crippen molar-refractivity contribution in [2.45, 2.75) is 19.0 Å². The molecule has 0 aliphatic heterocycles. The summed E-state index contributed by atoms with van der Waals surface area (Å²) in [6.45, 7) is 0.299. The first kappa shape index (κ1) is 13.3. The zero-order valence-electron chi connectivity index (χ0n) is 8.79. The Kier molecular flexibility index (Phi) is 4.30. The highest BCUT2D eigenvalue weighted by Gasteiger charge is 2.32. The molecule has 0 saturated carbocycles. The number of aliphatic carboxylic acids is 1. The first-order valence-corrected chi connectivity index (χ1v) is 4.88. The van der Waals surface area contributed by atoms with Crippen LogP contribution in [0.25, 0.3) is 0 Å². The van der Waals surface area contributed by atoms with Crippen LogP contribution in [0.4, 0.5) is 18.9 Å². The molecule has 1 aromatic rings. The number of anilines is 1. The van der Waals surface area contributed by atoms with Gasteiger partial charge in [-0.05, 0) is 18.6 Å². The predicted octanol–water partition coefficient (Wildman–Crippen LogP) is 2.38. The first-order chi connectivity index (χ1) is 7.89. The summed E-state index contributed by atoms with van der Waals surface area (Å²) in [5.41, 5.74) is -0.696. The number of nitrogens with one attached hydrogen (secondary N) is 1. The molecule has 2 N–H and O–H groups in total. The average molecular weight is 248 g/mol. The van der Waals surface area contributed by atoms with Gasteiger partial charge in [-0.2, -0.15) is 13.2 Å². The minimum atomic E-state index is -4.47. The van der Waals surface area contributed by atoms with Gasteiger partial charge in [0.1, 0.15) is 5.69 Å². The molecule has 0 fully saturated rings. The summed E-state index contributed by atoms with van der Waals surface area (Å²) in [4.78, 5) is 13.4. The van der Waals surface area contributed by atoms with Crippen molar-refractivity contribution in [3.63, 3.8) is 0 Å². The zero-order valence-corrected chi connectivity index (χ0v) is 8.79. The van der Waals surface area contributed by atoms with E-state index < -0.39 is 17.8 Å². The second kappa shape index (κ2) is 5.51. The Morgan fingerprint density at radius 3 is 2.76 bits per heavy atom. The predicted molar refractivity (Wildman–Crippen MR) is 54.6 cm³/mol. The number of carbonyl (C=O) groups is 1. The summed E-state index contributed by atoms with van der Waals surface area (Å²) in [7, 11) is 0. The number of alkyl halides is 3. The van der Waals surface area contributed by atoms with Crippen LogP contribution in [-0.4, -0.2) is 22.6 Å². The molecule has 0 atom stereocenters. The molecular formula is C10H11F3N2O2. The molecule has 0 aliphatic carbocycles. The first-order valence-electron chi connectivity index (χ1n) is 4.88. The van der Waals surface area contributed by atoms with Gasteiger partial charge >= 0.3 is 12.1 Å². The third-order valence-corrected chi connectivity index (χ3v) is 1.95. The van der Waals surface area contributed by atoms with Gasteiger partial charge < -0.3 is 10.4 Å². The second-order valence-corrected chi connectivity index (χ2v) is 3.35. The Morgan fingerprint density at radius 2 is 2.18 bits per heavy atom. The van der Waals surface area contributed by atoms with E-state index in [9.17, 15) is 18.0 Å². The zero-order chi connectivity index (χ0) is 12.9. The third-order valence-electron chi connectivity index (χ3n) is 1.95. The summed E-state index contributed by atoms with van der Waals surface area (Å²) in [5, 5.41) is 11.1. The van der Waals surface area contributed by atoms with Crippen LogP contribution in [0.5, 0.6) is 0 Å². The molecule has 0 amide bonds. The molecule has 4 nitrogen and oxygen atoms in total. The van der Waals surface area contributed by atoms with Crippen molar-refractivity contribution < 1.29 is 23.1 Å². The fourth-order valence-corrected chi connectivity index (χ4v) is 1.17. The molecule has 0 bridgehead atoms. The van der Waals surface area contributed by atoms with Gasteiger partial charge in [0.25, 0.3) is 0 Å². The number of pyridine rings is 1. The van der Waals surface area contributed by atoms with Gasteiger partial charge in [0, 0.05) is 24.8 Å². The molecular weight excluding hydrogens is 237 g/mol. The van der Waals surface area contributed by atoms with E-state index in [-0.39, 0.29) is 12.1 Å². The lowest BCUT2D eigenvalue weighted by Crippen LogP contribution is -2.10. The minimum absolute atomic E-state index is 0.0236. The SMILES string of the molecule is O=C(O)CCCNc1ccnc(C(F)(F)F)c1. The van der Waals surface area contributed by atoms with Crippen molar-refractivity contribution in [2.75, 3.05) is 11.9 Å². The largest absolute Gasteiger partial charge is 0.481 e. The normalized spacial score (nSPS) is 11.2. The molecule has 0 radical (unpaired) electrons. The molecule has 1 heterocycles. The molecule has 94 valence electrons. The van der Waals surface area contributed by atoms with Gasteiger partial charge in [0.15, 0.2) is 0 Å². The van der Waals surface area contributed by atoms with E-state index in [1.165, 1.54) is 6.07 Å². The van der Waals surface area contributed by atoms with Crippen LogP contribution in [0.3, 0.4) is 0 Å². The maximum absolute atomic E-state index is 12.3. The molecule has 7 heteroatoms. The van der Waals surface area contributed by atoms with Crippen LogP contribution >= 0.6 is 0 Å².